The Balaban J connectivity index is 0.00000512. The molecule has 0 bridgehead atoms. The van der Waals surface area contributed by atoms with E-state index in [1.54, 1.807) is 0 Å². The highest BCUT2D eigenvalue weighted by Crippen LogP contribution is 2.25. The summed E-state index contributed by atoms with van der Waals surface area (Å²) in [6.45, 7) is 10.5. The summed E-state index contributed by atoms with van der Waals surface area (Å²) in [5, 5.41) is 22.5. The first-order valence-electron chi connectivity index (χ1n) is 10.5. The van der Waals surface area contributed by atoms with E-state index in [1.165, 1.54) is 11.6 Å². The molecule has 0 radical (unpaired) electrons. The fourth-order valence-corrected chi connectivity index (χ4v) is 3.49. The van der Waals surface area contributed by atoms with Gasteiger partial charge in [-0.25, -0.2) is 8.78 Å². The van der Waals surface area contributed by atoms with Gasteiger partial charge >= 0.3 is 5.97 Å². The lowest BCUT2D eigenvalue weighted by atomic mass is 9.85. The molecule has 0 aliphatic heterocycles. The molecule has 3 N–H and O–H groups in total. The highest BCUT2D eigenvalue weighted by Gasteiger charge is 2.23. The molecule has 7 heteroatoms. The van der Waals surface area contributed by atoms with Crippen molar-refractivity contribution in [3.63, 3.8) is 0 Å². The first kappa shape index (κ1) is 28.0. The number of aliphatic hydroxyl groups excluding tert-OH is 1. The van der Waals surface area contributed by atoms with Crippen molar-refractivity contribution in [2.45, 2.75) is 70.9 Å². The number of carboxylic acid groups (broad SMARTS) is 1. The van der Waals surface area contributed by atoms with Gasteiger partial charge < -0.3 is 15.5 Å². The molecule has 0 saturated carbocycles. The third-order valence-corrected chi connectivity index (χ3v) is 5.34. The minimum Gasteiger partial charge on any atom is -0.481 e. The second kappa shape index (κ2) is 11.2. The maximum atomic E-state index is 14.3. The summed E-state index contributed by atoms with van der Waals surface area (Å²) in [6, 6.07) is 10.7. The van der Waals surface area contributed by atoms with Crippen LogP contribution in [-0.2, 0) is 23.1 Å². The van der Waals surface area contributed by atoms with Crippen LogP contribution in [0.1, 0.15) is 69.4 Å². The predicted octanol–water partition coefficient (Wildman–Crippen LogP) is 5.35. The van der Waals surface area contributed by atoms with Gasteiger partial charge in [0.15, 0.2) is 11.6 Å². The van der Waals surface area contributed by atoms with Gasteiger partial charge in [-0.2, -0.15) is 0 Å². The number of hydrogen-bond donors (Lipinski definition) is 3. The summed E-state index contributed by atoms with van der Waals surface area (Å²) in [6.07, 6.45) is -0.697. The standard InChI is InChI=1S/C25H33F2NO3.ClH/c1-24(2,3)18-9-6-16(7-10-18)14-25(4,5)28-15-21(29)19-12-17(8-11-22(30)31)13-20(26)23(19)27;/h6-7,9-10,12-13,21,28-29H,8,11,14-15H2,1-5H3,(H,30,31);1H/t21-;/m1./s1. The number of rotatable bonds is 9. The molecule has 0 spiro atoms. The minimum atomic E-state index is -1.26. The van der Waals surface area contributed by atoms with Crippen LogP contribution < -0.4 is 5.32 Å². The molecule has 1 atom stereocenters. The fourth-order valence-electron chi connectivity index (χ4n) is 3.49. The van der Waals surface area contributed by atoms with Crippen LogP contribution in [0.15, 0.2) is 36.4 Å². The summed E-state index contributed by atoms with van der Waals surface area (Å²) in [5.41, 5.74) is 2.24. The van der Waals surface area contributed by atoms with Crippen molar-refractivity contribution in [3.8, 4) is 0 Å². The Kier molecular flexibility index (Phi) is 9.82. The molecule has 0 aromatic heterocycles. The number of β-amino-alcohol motifs (C(OH)–C–C–N with tert-alkyl or cyclic N) is 1. The summed E-state index contributed by atoms with van der Waals surface area (Å²) >= 11 is 0. The number of benzene rings is 2. The average Bonchev–Trinajstić information content (AvgIpc) is 2.66. The van der Waals surface area contributed by atoms with Gasteiger partial charge in [-0.1, -0.05) is 45.0 Å². The zero-order valence-corrected chi connectivity index (χ0v) is 20.2. The first-order chi connectivity index (χ1) is 14.3. The van der Waals surface area contributed by atoms with Crippen LogP contribution in [0, 0.1) is 11.6 Å². The SMILES string of the molecule is CC(C)(Cc1ccc(C(C)(C)C)cc1)NC[C@@H](O)c1cc(CCC(=O)O)cc(F)c1F.Cl. The molecule has 0 unspecified atom stereocenters. The van der Waals surface area contributed by atoms with Gasteiger partial charge in [0.1, 0.15) is 0 Å². The molecule has 0 aliphatic carbocycles. The average molecular weight is 470 g/mol. The lowest BCUT2D eigenvalue weighted by Crippen LogP contribution is -2.43. The molecular weight excluding hydrogens is 436 g/mol. The van der Waals surface area contributed by atoms with Crippen LogP contribution in [0.25, 0.3) is 0 Å². The van der Waals surface area contributed by atoms with E-state index in [2.05, 4.69) is 50.4 Å². The normalized spacial score (nSPS) is 12.9. The monoisotopic (exact) mass is 469 g/mol. The molecule has 0 amide bonds. The minimum absolute atomic E-state index is 0. The molecule has 4 nitrogen and oxygen atoms in total. The Labute approximate surface area is 195 Å². The molecule has 32 heavy (non-hydrogen) atoms. The molecule has 0 fully saturated rings. The van der Waals surface area contributed by atoms with Gasteiger partial charge in [0.25, 0.3) is 0 Å². The molecular formula is C25H34ClF2NO3. The van der Waals surface area contributed by atoms with E-state index >= 15 is 0 Å². The van der Waals surface area contributed by atoms with Gasteiger partial charge in [0.2, 0.25) is 0 Å². The Morgan fingerprint density at radius 2 is 1.62 bits per heavy atom. The second-order valence-corrected chi connectivity index (χ2v) is 9.78. The number of nitrogens with one attached hydrogen (secondary N) is 1. The van der Waals surface area contributed by atoms with Crippen LogP contribution >= 0.6 is 12.4 Å². The van der Waals surface area contributed by atoms with Crippen molar-refractivity contribution in [1.82, 2.24) is 5.32 Å². The number of halogens is 3. The summed E-state index contributed by atoms with van der Waals surface area (Å²) in [5.74, 6) is -3.22. The predicted molar refractivity (Wildman–Crippen MR) is 125 cm³/mol. The Bertz CT molecular complexity index is 909. The fraction of sp³-hybridized carbons (Fsp3) is 0.480. The van der Waals surface area contributed by atoms with Gasteiger partial charge in [-0.15, -0.1) is 12.4 Å². The molecule has 2 aromatic rings. The number of aliphatic carboxylic acids is 1. The van der Waals surface area contributed by atoms with Crippen molar-refractivity contribution >= 4 is 18.4 Å². The molecule has 0 saturated heterocycles. The number of carbonyl (C=O) groups is 1. The molecule has 0 aliphatic rings. The van der Waals surface area contributed by atoms with Crippen LogP contribution in [-0.4, -0.2) is 28.3 Å². The Hall–Kier alpha value is -2.02. The second-order valence-electron chi connectivity index (χ2n) is 9.78. The van der Waals surface area contributed by atoms with Gasteiger partial charge in [-0.3, -0.25) is 4.79 Å². The molecule has 0 heterocycles. The van der Waals surface area contributed by atoms with Crippen molar-refractivity contribution in [1.29, 1.82) is 0 Å². The number of aryl methyl sites for hydroxylation is 1. The highest BCUT2D eigenvalue weighted by molar-refractivity contribution is 5.85. The maximum absolute atomic E-state index is 14.3. The number of carboxylic acids is 1. The lowest BCUT2D eigenvalue weighted by Gasteiger charge is -2.29. The van der Waals surface area contributed by atoms with Crippen LogP contribution in [0.2, 0.25) is 0 Å². The maximum Gasteiger partial charge on any atom is 0.303 e. The highest BCUT2D eigenvalue weighted by atomic mass is 35.5. The van der Waals surface area contributed by atoms with E-state index in [0.717, 1.165) is 11.6 Å². The Morgan fingerprint density at radius 3 is 2.16 bits per heavy atom. The smallest absolute Gasteiger partial charge is 0.303 e. The van der Waals surface area contributed by atoms with Crippen LogP contribution in [0.5, 0.6) is 0 Å². The van der Waals surface area contributed by atoms with E-state index in [9.17, 15) is 18.7 Å². The topological polar surface area (TPSA) is 69.6 Å². The summed E-state index contributed by atoms with van der Waals surface area (Å²) in [7, 11) is 0. The van der Waals surface area contributed by atoms with Crippen molar-refractivity contribution < 1.29 is 23.8 Å². The van der Waals surface area contributed by atoms with Crippen molar-refractivity contribution in [3.05, 3.63) is 70.3 Å². The largest absolute Gasteiger partial charge is 0.481 e. The van der Waals surface area contributed by atoms with Crippen LogP contribution in [0.4, 0.5) is 8.78 Å². The summed E-state index contributed by atoms with van der Waals surface area (Å²) < 4.78 is 28.2. The van der Waals surface area contributed by atoms with Crippen LogP contribution in [0.3, 0.4) is 0 Å². The van der Waals surface area contributed by atoms with E-state index in [0.29, 0.717) is 12.0 Å². The molecule has 2 aromatic carbocycles. The lowest BCUT2D eigenvalue weighted by molar-refractivity contribution is -0.136. The summed E-state index contributed by atoms with van der Waals surface area (Å²) in [4.78, 5) is 10.7. The van der Waals surface area contributed by atoms with E-state index in [1.807, 2.05) is 13.8 Å². The molecule has 2 rings (SSSR count). The van der Waals surface area contributed by atoms with Gasteiger partial charge in [0.05, 0.1) is 6.10 Å². The zero-order chi connectivity index (χ0) is 23.4. The quantitative estimate of drug-likeness (QED) is 0.463. The third kappa shape index (κ3) is 8.15. The van der Waals surface area contributed by atoms with Gasteiger partial charge in [0, 0.05) is 24.1 Å². The number of aliphatic hydroxyl groups is 1. The number of hydrogen-bond acceptors (Lipinski definition) is 3. The van der Waals surface area contributed by atoms with E-state index in [4.69, 9.17) is 5.11 Å². The van der Waals surface area contributed by atoms with E-state index in [-0.39, 0.29) is 48.3 Å². The molecule has 178 valence electrons. The zero-order valence-electron chi connectivity index (χ0n) is 19.3. The van der Waals surface area contributed by atoms with Crippen molar-refractivity contribution in [2.24, 2.45) is 0 Å². The third-order valence-electron chi connectivity index (χ3n) is 5.34. The van der Waals surface area contributed by atoms with E-state index < -0.39 is 23.7 Å². The van der Waals surface area contributed by atoms with Gasteiger partial charge in [-0.05, 0) is 60.9 Å². The first-order valence-corrected chi connectivity index (χ1v) is 10.5. The van der Waals surface area contributed by atoms with Crippen molar-refractivity contribution in [2.75, 3.05) is 6.54 Å². The Morgan fingerprint density at radius 1 is 1.03 bits per heavy atom.